The minimum Gasteiger partial charge on any atom is -0.393 e. The van der Waals surface area contributed by atoms with Gasteiger partial charge in [-0.15, -0.1) is 0 Å². The lowest BCUT2D eigenvalue weighted by Gasteiger charge is -2.31. The van der Waals surface area contributed by atoms with Gasteiger partial charge in [-0.05, 0) is 24.3 Å². The van der Waals surface area contributed by atoms with Gasteiger partial charge in [-0.2, -0.15) is 0 Å². The highest BCUT2D eigenvalue weighted by atomic mass is 16.3. The molecule has 1 aromatic heterocycles. The van der Waals surface area contributed by atoms with Crippen LogP contribution in [0.3, 0.4) is 0 Å². The minimum absolute atomic E-state index is 0.171. The van der Waals surface area contributed by atoms with Crippen LogP contribution in [0.2, 0.25) is 0 Å². The van der Waals surface area contributed by atoms with Crippen LogP contribution in [0, 0.1) is 0 Å². The molecular formula is C20H20N2O. The molecule has 0 unspecified atom stereocenters. The molecule has 116 valence electrons. The molecule has 4 rings (SSSR count). The fraction of sp³-hybridized carbons (Fsp3) is 0.250. The van der Waals surface area contributed by atoms with Gasteiger partial charge in [0.15, 0.2) is 0 Å². The Hall–Kier alpha value is -2.39. The molecule has 0 aliphatic carbocycles. The highest BCUT2D eigenvalue weighted by Crippen LogP contribution is 2.31. The maximum atomic E-state index is 9.77. The van der Waals surface area contributed by atoms with Crippen LogP contribution >= 0.6 is 0 Å². The molecule has 0 spiro atoms. The van der Waals surface area contributed by atoms with E-state index in [0.29, 0.717) is 0 Å². The molecule has 3 aromatic rings. The van der Waals surface area contributed by atoms with Gasteiger partial charge in [-0.1, -0.05) is 54.6 Å². The molecule has 0 amide bonds. The topological polar surface area (TPSA) is 36.4 Å². The Balaban J connectivity index is 1.84. The van der Waals surface area contributed by atoms with E-state index in [0.717, 1.165) is 43.0 Å². The summed E-state index contributed by atoms with van der Waals surface area (Å²) in [6.45, 7) is 1.72. The van der Waals surface area contributed by atoms with Crippen molar-refractivity contribution in [3.63, 3.8) is 0 Å². The van der Waals surface area contributed by atoms with E-state index in [-0.39, 0.29) is 6.10 Å². The zero-order chi connectivity index (χ0) is 15.6. The quantitative estimate of drug-likeness (QED) is 0.781. The molecule has 0 bridgehead atoms. The molecule has 2 heterocycles. The van der Waals surface area contributed by atoms with Crippen molar-refractivity contribution in [2.75, 3.05) is 18.0 Å². The predicted octanol–water partition coefficient (Wildman–Crippen LogP) is 3.86. The number of nitrogens with zero attached hydrogens (tertiary/aromatic N) is 2. The number of pyridine rings is 1. The van der Waals surface area contributed by atoms with Crippen molar-refractivity contribution in [1.29, 1.82) is 0 Å². The second kappa shape index (κ2) is 6.01. The van der Waals surface area contributed by atoms with Crippen LogP contribution in [0.25, 0.3) is 22.0 Å². The summed E-state index contributed by atoms with van der Waals surface area (Å²) in [5, 5.41) is 12.2. The molecule has 23 heavy (non-hydrogen) atoms. The van der Waals surface area contributed by atoms with E-state index in [1.807, 2.05) is 18.2 Å². The number of aliphatic hydroxyl groups excluding tert-OH is 1. The summed E-state index contributed by atoms with van der Waals surface area (Å²) in [5.41, 5.74) is 2.14. The first-order valence-corrected chi connectivity index (χ1v) is 8.19. The van der Waals surface area contributed by atoms with Crippen molar-refractivity contribution in [2.24, 2.45) is 0 Å². The van der Waals surface area contributed by atoms with Crippen molar-refractivity contribution >= 4 is 16.6 Å². The van der Waals surface area contributed by atoms with Crippen molar-refractivity contribution in [3.8, 4) is 11.3 Å². The van der Waals surface area contributed by atoms with Crippen LogP contribution in [0.15, 0.2) is 60.7 Å². The normalized spacial score (nSPS) is 16.0. The van der Waals surface area contributed by atoms with Gasteiger partial charge in [0.1, 0.15) is 5.82 Å². The Kier molecular flexibility index (Phi) is 3.72. The standard InChI is InChI=1S/C20H20N2O/c23-17-10-12-22(13-11-17)20-18-9-5-4-8-16(18)14-19(21-20)15-6-2-1-3-7-15/h1-9,14,17,23H,10-13H2. The number of hydrogen-bond acceptors (Lipinski definition) is 3. The molecular weight excluding hydrogens is 284 g/mol. The van der Waals surface area contributed by atoms with Gasteiger partial charge >= 0.3 is 0 Å². The van der Waals surface area contributed by atoms with E-state index in [1.54, 1.807) is 0 Å². The molecule has 2 aromatic carbocycles. The first kappa shape index (κ1) is 14.2. The van der Waals surface area contributed by atoms with Crippen molar-refractivity contribution in [2.45, 2.75) is 18.9 Å². The largest absolute Gasteiger partial charge is 0.393 e. The third kappa shape index (κ3) is 2.80. The van der Waals surface area contributed by atoms with Gasteiger partial charge in [-0.25, -0.2) is 4.98 Å². The van der Waals surface area contributed by atoms with E-state index in [9.17, 15) is 5.11 Å². The van der Waals surface area contributed by atoms with E-state index in [1.165, 1.54) is 10.8 Å². The first-order chi connectivity index (χ1) is 11.3. The summed E-state index contributed by atoms with van der Waals surface area (Å²) in [7, 11) is 0. The average molecular weight is 304 g/mol. The van der Waals surface area contributed by atoms with Crippen LogP contribution in [-0.4, -0.2) is 29.3 Å². The summed E-state index contributed by atoms with van der Waals surface area (Å²) in [6.07, 6.45) is 1.45. The maximum Gasteiger partial charge on any atom is 0.137 e. The summed E-state index contributed by atoms with van der Waals surface area (Å²) in [6, 6.07) is 20.9. The SMILES string of the molecule is OC1CCN(c2nc(-c3ccccc3)cc3ccccc23)CC1. The number of piperidine rings is 1. The Morgan fingerprint density at radius 2 is 1.61 bits per heavy atom. The third-order valence-corrected chi connectivity index (χ3v) is 4.55. The van der Waals surface area contributed by atoms with Gasteiger partial charge in [0, 0.05) is 24.0 Å². The van der Waals surface area contributed by atoms with Crippen molar-refractivity contribution in [1.82, 2.24) is 4.98 Å². The Labute approximate surface area is 136 Å². The second-order valence-corrected chi connectivity index (χ2v) is 6.14. The molecule has 3 heteroatoms. The molecule has 0 radical (unpaired) electrons. The van der Waals surface area contributed by atoms with Gasteiger partial charge in [0.05, 0.1) is 11.8 Å². The third-order valence-electron chi connectivity index (χ3n) is 4.55. The number of rotatable bonds is 2. The van der Waals surface area contributed by atoms with E-state index >= 15 is 0 Å². The van der Waals surface area contributed by atoms with Gasteiger partial charge < -0.3 is 10.0 Å². The van der Waals surface area contributed by atoms with Crippen LogP contribution < -0.4 is 4.90 Å². The molecule has 1 fully saturated rings. The molecule has 1 N–H and O–H groups in total. The van der Waals surface area contributed by atoms with Crippen LogP contribution in [0.4, 0.5) is 5.82 Å². The summed E-state index contributed by atoms with van der Waals surface area (Å²) in [4.78, 5) is 7.27. The first-order valence-electron chi connectivity index (χ1n) is 8.19. The summed E-state index contributed by atoms with van der Waals surface area (Å²) < 4.78 is 0. The van der Waals surface area contributed by atoms with E-state index in [4.69, 9.17) is 4.98 Å². The van der Waals surface area contributed by atoms with Crippen molar-refractivity contribution in [3.05, 3.63) is 60.7 Å². The number of anilines is 1. The van der Waals surface area contributed by atoms with Gasteiger partial charge in [0.25, 0.3) is 0 Å². The number of benzene rings is 2. The summed E-state index contributed by atoms with van der Waals surface area (Å²) >= 11 is 0. The maximum absolute atomic E-state index is 9.77. The van der Waals surface area contributed by atoms with Crippen LogP contribution in [0.1, 0.15) is 12.8 Å². The molecule has 1 aliphatic heterocycles. The molecule has 1 saturated heterocycles. The lowest BCUT2D eigenvalue weighted by molar-refractivity contribution is 0.145. The molecule has 0 atom stereocenters. The number of hydrogen-bond donors (Lipinski definition) is 1. The van der Waals surface area contributed by atoms with Crippen LogP contribution in [0.5, 0.6) is 0 Å². The number of fused-ring (bicyclic) bond motifs is 1. The number of aromatic nitrogens is 1. The summed E-state index contributed by atoms with van der Waals surface area (Å²) in [5.74, 6) is 1.04. The van der Waals surface area contributed by atoms with Crippen LogP contribution in [-0.2, 0) is 0 Å². The van der Waals surface area contributed by atoms with Gasteiger partial charge in [-0.3, -0.25) is 0 Å². The van der Waals surface area contributed by atoms with E-state index in [2.05, 4.69) is 47.4 Å². The fourth-order valence-electron chi connectivity index (χ4n) is 3.26. The monoisotopic (exact) mass is 304 g/mol. The Bertz CT molecular complexity index is 808. The van der Waals surface area contributed by atoms with E-state index < -0.39 is 0 Å². The molecule has 1 aliphatic rings. The molecule has 3 nitrogen and oxygen atoms in total. The van der Waals surface area contributed by atoms with Crippen molar-refractivity contribution < 1.29 is 5.11 Å². The zero-order valence-corrected chi connectivity index (χ0v) is 13.0. The number of aliphatic hydroxyl groups is 1. The Morgan fingerprint density at radius 3 is 2.39 bits per heavy atom. The highest BCUT2D eigenvalue weighted by molar-refractivity contribution is 5.95. The Morgan fingerprint density at radius 1 is 0.913 bits per heavy atom. The zero-order valence-electron chi connectivity index (χ0n) is 13.0. The smallest absolute Gasteiger partial charge is 0.137 e. The lowest BCUT2D eigenvalue weighted by Crippen LogP contribution is -2.36. The highest BCUT2D eigenvalue weighted by Gasteiger charge is 2.20. The second-order valence-electron chi connectivity index (χ2n) is 6.14. The van der Waals surface area contributed by atoms with Gasteiger partial charge in [0.2, 0.25) is 0 Å². The predicted molar refractivity (Wildman–Crippen MR) is 94.6 cm³/mol. The molecule has 0 saturated carbocycles. The fourth-order valence-corrected chi connectivity index (χ4v) is 3.26. The lowest BCUT2D eigenvalue weighted by atomic mass is 10.0. The minimum atomic E-state index is -0.171. The average Bonchev–Trinajstić information content (AvgIpc) is 2.62.